The summed E-state index contributed by atoms with van der Waals surface area (Å²) in [4.78, 5) is 19.9. The first-order chi connectivity index (χ1) is 13.6. The number of ether oxygens (including phenoxy) is 2. The Labute approximate surface area is 164 Å². The fraction of sp³-hybridized carbons (Fsp3) is 0.304. The van der Waals surface area contributed by atoms with Crippen molar-refractivity contribution in [2.45, 2.75) is 27.3 Å². The number of hydrogen-bond acceptors (Lipinski definition) is 4. The molecule has 5 nitrogen and oxygen atoms in total. The molecule has 2 aromatic carbocycles. The number of hydrogen-bond donors (Lipinski definition) is 0. The summed E-state index contributed by atoms with van der Waals surface area (Å²) in [6.07, 6.45) is 0. The molecular formula is C23H24N2O3. The van der Waals surface area contributed by atoms with Crippen LogP contribution in [0.3, 0.4) is 0 Å². The molecule has 0 unspecified atom stereocenters. The summed E-state index contributed by atoms with van der Waals surface area (Å²) in [7, 11) is 0. The molecule has 0 radical (unpaired) electrons. The van der Waals surface area contributed by atoms with E-state index in [2.05, 4.69) is 4.98 Å². The molecule has 4 rings (SSSR count). The number of nitrogens with zero attached hydrogens (tertiary/aromatic N) is 2. The highest BCUT2D eigenvalue weighted by molar-refractivity contribution is 6.06. The lowest BCUT2D eigenvalue weighted by atomic mass is 10.0. The summed E-state index contributed by atoms with van der Waals surface area (Å²) >= 11 is 0. The number of carbonyl (C=O) groups is 1. The molecule has 28 heavy (non-hydrogen) atoms. The number of pyridine rings is 1. The monoisotopic (exact) mass is 376 g/mol. The average molecular weight is 376 g/mol. The fourth-order valence-electron chi connectivity index (χ4n) is 3.61. The molecule has 1 amide bonds. The number of rotatable bonds is 4. The van der Waals surface area contributed by atoms with Crippen LogP contribution in [0.15, 0.2) is 42.5 Å². The van der Waals surface area contributed by atoms with Gasteiger partial charge in [-0.3, -0.25) is 9.78 Å². The summed E-state index contributed by atoms with van der Waals surface area (Å²) in [6, 6.07) is 13.7. The SMILES string of the molecule is CCN(Cc1cccc2c1OCCO2)C(=O)c1cc(C)nc2ccc(C)cc12. The van der Waals surface area contributed by atoms with Gasteiger partial charge in [0.1, 0.15) is 13.2 Å². The van der Waals surface area contributed by atoms with E-state index in [1.54, 1.807) is 0 Å². The normalized spacial score (nSPS) is 12.8. The van der Waals surface area contributed by atoms with Crippen molar-refractivity contribution in [3.63, 3.8) is 0 Å². The van der Waals surface area contributed by atoms with Gasteiger partial charge in [0, 0.05) is 29.7 Å². The van der Waals surface area contributed by atoms with Crippen LogP contribution >= 0.6 is 0 Å². The van der Waals surface area contributed by atoms with Crippen molar-refractivity contribution in [1.29, 1.82) is 0 Å². The molecule has 0 fully saturated rings. The molecule has 0 spiro atoms. The van der Waals surface area contributed by atoms with E-state index in [-0.39, 0.29) is 5.91 Å². The van der Waals surface area contributed by atoms with Gasteiger partial charge in [-0.2, -0.15) is 0 Å². The maximum absolute atomic E-state index is 13.5. The number of aryl methyl sites for hydroxylation is 2. The van der Waals surface area contributed by atoms with E-state index in [0.717, 1.165) is 39.2 Å². The highest BCUT2D eigenvalue weighted by Crippen LogP contribution is 2.34. The van der Waals surface area contributed by atoms with Crippen molar-refractivity contribution in [2.75, 3.05) is 19.8 Å². The first kappa shape index (κ1) is 18.3. The molecule has 0 N–H and O–H groups in total. The number of benzene rings is 2. The third kappa shape index (κ3) is 3.40. The highest BCUT2D eigenvalue weighted by Gasteiger charge is 2.22. The zero-order chi connectivity index (χ0) is 19.7. The predicted octanol–water partition coefficient (Wildman–Crippen LogP) is 4.29. The second kappa shape index (κ2) is 7.50. The van der Waals surface area contributed by atoms with Crippen LogP contribution in [0.1, 0.15) is 34.1 Å². The van der Waals surface area contributed by atoms with E-state index in [0.29, 0.717) is 31.9 Å². The molecule has 0 saturated carbocycles. The Morgan fingerprint density at radius 3 is 2.75 bits per heavy atom. The van der Waals surface area contributed by atoms with Crippen LogP contribution in [-0.2, 0) is 6.54 Å². The van der Waals surface area contributed by atoms with Crippen molar-refractivity contribution in [3.8, 4) is 11.5 Å². The van der Waals surface area contributed by atoms with Gasteiger partial charge in [0.05, 0.1) is 11.1 Å². The topological polar surface area (TPSA) is 51.7 Å². The van der Waals surface area contributed by atoms with Crippen LogP contribution in [0, 0.1) is 13.8 Å². The Morgan fingerprint density at radius 1 is 1.11 bits per heavy atom. The van der Waals surface area contributed by atoms with E-state index in [9.17, 15) is 4.79 Å². The Balaban J connectivity index is 1.71. The van der Waals surface area contributed by atoms with Gasteiger partial charge in [0.15, 0.2) is 11.5 Å². The number of para-hydroxylation sites is 1. The van der Waals surface area contributed by atoms with Gasteiger partial charge in [0.25, 0.3) is 5.91 Å². The minimum atomic E-state index is -0.00192. The molecule has 2 heterocycles. The van der Waals surface area contributed by atoms with Crippen molar-refractivity contribution in [1.82, 2.24) is 9.88 Å². The second-order valence-electron chi connectivity index (χ2n) is 7.09. The minimum absolute atomic E-state index is 0.00192. The average Bonchev–Trinajstić information content (AvgIpc) is 2.71. The maximum Gasteiger partial charge on any atom is 0.254 e. The van der Waals surface area contributed by atoms with E-state index in [1.165, 1.54) is 0 Å². The third-order valence-electron chi connectivity index (χ3n) is 5.00. The van der Waals surface area contributed by atoms with Gasteiger partial charge in [0.2, 0.25) is 0 Å². The van der Waals surface area contributed by atoms with Gasteiger partial charge in [-0.15, -0.1) is 0 Å². The molecule has 1 aromatic heterocycles. The van der Waals surface area contributed by atoms with Crippen molar-refractivity contribution in [3.05, 3.63) is 64.8 Å². The van der Waals surface area contributed by atoms with E-state index in [4.69, 9.17) is 9.47 Å². The van der Waals surface area contributed by atoms with Crippen LogP contribution in [0.5, 0.6) is 11.5 Å². The predicted molar refractivity (Wildman–Crippen MR) is 109 cm³/mol. The van der Waals surface area contributed by atoms with Crippen molar-refractivity contribution >= 4 is 16.8 Å². The number of aromatic nitrogens is 1. The first-order valence-corrected chi connectivity index (χ1v) is 9.61. The molecule has 0 aliphatic carbocycles. The van der Waals surface area contributed by atoms with E-state index in [1.807, 2.05) is 68.1 Å². The molecular weight excluding hydrogens is 352 g/mol. The Morgan fingerprint density at radius 2 is 1.93 bits per heavy atom. The van der Waals surface area contributed by atoms with Crippen LogP contribution in [0.4, 0.5) is 0 Å². The zero-order valence-electron chi connectivity index (χ0n) is 16.5. The molecule has 3 aromatic rings. The van der Waals surface area contributed by atoms with Crippen molar-refractivity contribution < 1.29 is 14.3 Å². The number of fused-ring (bicyclic) bond motifs is 2. The first-order valence-electron chi connectivity index (χ1n) is 9.61. The van der Waals surface area contributed by atoms with Gasteiger partial charge in [-0.05, 0) is 45.0 Å². The Bertz CT molecular complexity index is 1050. The summed E-state index contributed by atoms with van der Waals surface area (Å²) in [5, 5.41) is 0.892. The fourth-order valence-corrected chi connectivity index (χ4v) is 3.61. The van der Waals surface area contributed by atoms with Crippen LogP contribution in [0.25, 0.3) is 10.9 Å². The van der Waals surface area contributed by atoms with Crippen molar-refractivity contribution in [2.24, 2.45) is 0 Å². The summed E-state index contributed by atoms with van der Waals surface area (Å²) in [5.41, 5.74) is 4.44. The van der Waals surface area contributed by atoms with Gasteiger partial charge >= 0.3 is 0 Å². The Kier molecular flexibility index (Phi) is 4.90. The van der Waals surface area contributed by atoms with Crippen LogP contribution < -0.4 is 9.47 Å². The van der Waals surface area contributed by atoms with Gasteiger partial charge in [-0.1, -0.05) is 23.8 Å². The smallest absolute Gasteiger partial charge is 0.254 e. The summed E-state index contributed by atoms with van der Waals surface area (Å²) in [6.45, 7) is 8.08. The standard InChI is InChI=1S/C23H24N2O3/c1-4-25(14-17-6-5-7-21-22(17)28-11-10-27-21)23(26)19-13-16(3)24-20-9-8-15(2)12-18(19)20/h5-9,12-13H,4,10-11,14H2,1-3H3. The van der Waals surface area contributed by atoms with Crippen LogP contribution in [-0.4, -0.2) is 35.5 Å². The lowest BCUT2D eigenvalue weighted by Gasteiger charge is -2.26. The molecule has 144 valence electrons. The maximum atomic E-state index is 13.5. The lowest BCUT2D eigenvalue weighted by molar-refractivity contribution is 0.0751. The quantitative estimate of drug-likeness (QED) is 0.682. The Hall–Kier alpha value is -3.08. The van der Waals surface area contributed by atoms with Crippen LogP contribution in [0.2, 0.25) is 0 Å². The van der Waals surface area contributed by atoms with Gasteiger partial charge in [-0.25, -0.2) is 0 Å². The lowest BCUT2D eigenvalue weighted by Crippen LogP contribution is -2.31. The largest absolute Gasteiger partial charge is 0.486 e. The summed E-state index contributed by atoms with van der Waals surface area (Å²) < 4.78 is 11.5. The molecule has 0 bridgehead atoms. The molecule has 0 atom stereocenters. The summed E-state index contributed by atoms with van der Waals surface area (Å²) in [5.74, 6) is 1.48. The zero-order valence-corrected chi connectivity index (χ0v) is 16.5. The molecule has 1 aliphatic heterocycles. The van der Waals surface area contributed by atoms with E-state index < -0.39 is 0 Å². The number of amides is 1. The minimum Gasteiger partial charge on any atom is -0.486 e. The molecule has 1 aliphatic rings. The number of carbonyl (C=O) groups excluding carboxylic acids is 1. The molecule has 5 heteroatoms. The second-order valence-corrected chi connectivity index (χ2v) is 7.09. The highest BCUT2D eigenvalue weighted by atomic mass is 16.6. The van der Waals surface area contributed by atoms with Gasteiger partial charge < -0.3 is 14.4 Å². The molecule has 0 saturated heterocycles. The third-order valence-corrected chi connectivity index (χ3v) is 5.00. The van der Waals surface area contributed by atoms with E-state index >= 15 is 0 Å².